The highest BCUT2D eigenvalue weighted by Crippen LogP contribution is 2.30. The lowest BCUT2D eigenvalue weighted by Gasteiger charge is -2.27. The van der Waals surface area contributed by atoms with Crippen molar-refractivity contribution in [2.45, 2.75) is 38.8 Å². The van der Waals surface area contributed by atoms with Gasteiger partial charge in [0, 0.05) is 40.2 Å². The Morgan fingerprint density at radius 3 is 2.44 bits per heavy atom. The Balaban J connectivity index is 1.61. The number of H-pyrrole nitrogens is 1. The molecule has 1 aromatic heterocycles. The van der Waals surface area contributed by atoms with E-state index in [9.17, 15) is 9.59 Å². The molecule has 2 N–H and O–H groups in total. The quantitative estimate of drug-likeness (QED) is 0.429. The number of hydrogen-bond acceptors (Lipinski definition) is 3. The number of aromatic amines is 1. The topological polar surface area (TPSA) is 77.6 Å². The molecule has 1 aliphatic heterocycles. The van der Waals surface area contributed by atoms with Gasteiger partial charge in [0.15, 0.2) is 0 Å². The molecular weight excluding hydrogens is 448 g/mol. The van der Waals surface area contributed by atoms with Crippen molar-refractivity contribution in [1.29, 1.82) is 0 Å². The van der Waals surface area contributed by atoms with Crippen LogP contribution in [0.3, 0.4) is 0 Å². The van der Waals surface area contributed by atoms with Crippen molar-refractivity contribution in [3.63, 3.8) is 0 Å². The van der Waals surface area contributed by atoms with E-state index in [0.29, 0.717) is 12.1 Å². The zero-order chi connectivity index (χ0) is 25.3. The van der Waals surface area contributed by atoms with Gasteiger partial charge in [0.1, 0.15) is 12.6 Å². The Morgan fingerprint density at radius 2 is 1.67 bits per heavy atom. The first-order valence-corrected chi connectivity index (χ1v) is 12.2. The number of nitrogens with one attached hydrogen (secondary N) is 2. The minimum atomic E-state index is -0.686. The molecule has 2 amide bonds. The van der Waals surface area contributed by atoms with Gasteiger partial charge in [-0.15, -0.1) is 0 Å². The summed E-state index contributed by atoms with van der Waals surface area (Å²) in [4.78, 5) is 37.0. The summed E-state index contributed by atoms with van der Waals surface area (Å²) >= 11 is 0. The monoisotopic (exact) mass is 478 g/mol. The average Bonchev–Trinajstić information content (AvgIpc) is 3.22. The number of anilines is 1. The second kappa shape index (κ2) is 9.46. The smallest absolute Gasteiger partial charge is 0.252 e. The predicted octanol–water partition coefficient (Wildman–Crippen LogP) is 4.88. The lowest BCUT2D eigenvalue weighted by molar-refractivity contribution is -0.125. The maximum atomic E-state index is 14.1. The van der Waals surface area contributed by atoms with Crippen LogP contribution in [0, 0.1) is 0 Å². The number of carbonyl (C=O) groups is 2. The van der Waals surface area contributed by atoms with E-state index in [2.05, 4.69) is 10.3 Å². The Bertz CT molecular complexity index is 1450. The van der Waals surface area contributed by atoms with Gasteiger partial charge in [-0.25, -0.2) is 0 Å². The third-order valence-electron chi connectivity index (χ3n) is 6.24. The van der Waals surface area contributed by atoms with Crippen LogP contribution in [0.5, 0.6) is 0 Å². The summed E-state index contributed by atoms with van der Waals surface area (Å²) in [7, 11) is 0. The van der Waals surface area contributed by atoms with Crippen molar-refractivity contribution in [3.8, 4) is 0 Å². The van der Waals surface area contributed by atoms with Crippen LogP contribution in [0.4, 0.5) is 5.69 Å². The summed E-state index contributed by atoms with van der Waals surface area (Å²) in [5.41, 5.74) is 4.85. The normalized spacial score (nSPS) is 15.9. The van der Waals surface area contributed by atoms with Gasteiger partial charge < -0.3 is 15.2 Å². The standard InChI is InChI=1S/C30H30N4O2/c1-30(2,3)33-27(35)19-34-26-16-10-8-14-23(26)28(20-11-5-4-6-12-20)32-25(29(34)36)17-21-18-31-24-15-9-7-13-22(21)24/h4-16,18,25,31H,17,19H2,1-3H3,(H,33,35)/t25-/m1/s1. The van der Waals surface area contributed by atoms with Gasteiger partial charge in [-0.2, -0.15) is 0 Å². The first-order chi connectivity index (χ1) is 17.3. The first kappa shape index (κ1) is 23.5. The van der Waals surface area contributed by atoms with Crippen LogP contribution in [0.2, 0.25) is 0 Å². The van der Waals surface area contributed by atoms with Crippen LogP contribution in [-0.4, -0.2) is 40.6 Å². The van der Waals surface area contributed by atoms with E-state index in [0.717, 1.165) is 33.3 Å². The molecule has 36 heavy (non-hydrogen) atoms. The largest absolute Gasteiger partial charge is 0.361 e. The number of amides is 2. The molecule has 2 heterocycles. The highest BCUT2D eigenvalue weighted by molar-refractivity contribution is 6.20. The number of benzene rings is 3. The molecule has 182 valence electrons. The highest BCUT2D eigenvalue weighted by atomic mass is 16.2. The van der Waals surface area contributed by atoms with E-state index in [1.54, 1.807) is 4.90 Å². The number of hydrogen-bond donors (Lipinski definition) is 2. The van der Waals surface area contributed by atoms with Crippen molar-refractivity contribution < 1.29 is 9.59 Å². The van der Waals surface area contributed by atoms with Crippen molar-refractivity contribution in [2.75, 3.05) is 11.4 Å². The Morgan fingerprint density at radius 1 is 0.972 bits per heavy atom. The Labute approximate surface area is 211 Å². The van der Waals surface area contributed by atoms with Crippen molar-refractivity contribution >= 4 is 34.1 Å². The van der Waals surface area contributed by atoms with Gasteiger partial charge in [-0.3, -0.25) is 14.6 Å². The zero-order valence-corrected chi connectivity index (χ0v) is 20.8. The molecule has 1 atom stereocenters. The maximum Gasteiger partial charge on any atom is 0.252 e. The molecule has 6 heteroatoms. The van der Waals surface area contributed by atoms with Crippen LogP contribution in [0.1, 0.15) is 37.5 Å². The number of benzodiazepines with no additional fused rings is 1. The molecule has 0 bridgehead atoms. The molecule has 0 radical (unpaired) electrons. The molecule has 0 saturated heterocycles. The van der Waals surface area contributed by atoms with Gasteiger partial charge >= 0.3 is 0 Å². The molecule has 1 aliphatic rings. The average molecular weight is 479 g/mol. The van der Waals surface area contributed by atoms with Crippen molar-refractivity contribution in [3.05, 3.63) is 102 Å². The van der Waals surface area contributed by atoms with Gasteiger partial charge in [0.05, 0.1) is 11.4 Å². The molecule has 3 aromatic carbocycles. The fourth-order valence-corrected chi connectivity index (χ4v) is 4.72. The number of nitrogens with zero attached hydrogens (tertiary/aromatic N) is 2. The highest BCUT2D eigenvalue weighted by Gasteiger charge is 2.34. The van der Waals surface area contributed by atoms with Gasteiger partial charge in [-0.05, 0) is 38.5 Å². The summed E-state index contributed by atoms with van der Waals surface area (Å²) < 4.78 is 0. The van der Waals surface area contributed by atoms with Gasteiger partial charge in [-0.1, -0.05) is 66.7 Å². The predicted molar refractivity (Wildman–Crippen MR) is 145 cm³/mol. The van der Waals surface area contributed by atoms with Crippen molar-refractivity contribution in [1.82, 2.24) is 10.3 Å². The maximum absolute atomic E-state index is 14.1. The summed E-state index contributed by atoms with van der Waals surface area (Å²) in [6, 6.07) is 25.0. The minimum absolute atomic E-state index is 0.0743. The molecule has 0 unspecified atom stereocenters. The number of carbonyl (C=O) groups excluding carboxylic acids is 2. The molecule has 5 rings (SSSR count). The minimum Gasteiger partial charge on any atom is -0.361 e. The number of rotatable bonds is 5. The zero-order valence-electron chi connectivity index (χ0n) is 20.8. The van der Waals surface area contributed by atoms with Crippen LogP contribution in [-0.2, 0) is 16.0 Å². The summed E-state index contributed by atoms with van der Waals surface area (Å²) in [6.07, 6.45) is 2.37. The van der Waals surface area contributed by atoms with Gasteiger partial charge in [0.2, 0.25) is 5.91 Å². The number of fused-ring (bicyclic) bond motifs is 2. The van der Waals surface area contributed by atoms with E-state index in [4.69, 9.17) is 4.99 Å². The number of aliphatic imine (C=N–C) groups is 1. The lowest BCUT2D eigenvalue weighted by atomic mass is 10.00. The molecule has 0 spiro atoms. The summed E-state index contributed by atoms with van der Waals surface area (Å²) in [5.74, 6) is -0.401. The van der Waals surface area contributed by atoms with E-state index in [1.807, 2.05) is 106 Å². The number of aromatic nitrogens is 1. The fourth-order valence-electron chi connectivity index (χ4n) is 4.72. The van der Waals surface area contributed by atoms with E-state index >= 15 is 0 Å². The SMILES string of the molecule is CC(C)(C)NC(=O)CN1C(=O)[C@@H](Cc2c[nH]c3ccccc23)N=C(c2ccccc2)c2ccccc21. The summed E-state index contributed by atoms with van der Waals surface area (Å²) in [5, 5.41) is 4.06. The van der Waals surface area contributed by atoms with Crippen LogP contribution in [0.15, 0.2) is 90.1 Å². The molecule has 6 nitrogen and oxygen atoms in total. The van der Waals surface area contributed by atoms with E-state index in [-0.39, 0.29) is 18.4 Å². The van der Waals surface area contributed by atoms with Gasteiger partial charge in [0.25, 0.3) is 5.91 Å². The molecule has 0 saturated carbocycles. The third-order valence-corrected chi connectivity index (χ3v) is 6.24. The summed E-state index contributed by atoms with van der Waals surface area (Å²) in [6.45, 7) is 5.72. The molecule has 0 fully saturated rings. The van der Waals surface area contributed by atoms with E-state index in [1.165, 1.54) is 0 Å². The third kappa shape index (κ3) is 4.80. The van der Waals surface area contributed by atoms with Crippen LogP contribution >= 0.6 is 0 Å². The first-order valence-electron chi connectivity index (χ1n) is 12.2. The van der Waals surface area contributed by atoms with Crippen molar-refractivity contribution in [2.24, 2.45) is 4.99 Å². The number of para-hydroxylation sites is 2. The second-order valence-corrected chi connectivity index (χ2v) is 10.2. The molecule has 4 aromatic rings. The Hall–Kier alpha value is -4.19. The van der Waals surface area contributed by atoms with Crippen LogP contribution in [0.25, 0.3) is 10.9 Å². The second-order valence-electron chi connectivity index (χ2n) is 10.2. The lowest BCUT2D eigenvalue weighted by Crippen LogP contribution is -2.49. The molecule has 0 aliphatic carbocycles. The molecular formula is C30H30N4O2. The van der Waals surface area contributed by atoms with E-state index < -0.39 is 11.6 Å². The fraction of sp³-hybridized carbons (Fsp3) is 0.233. The Kier molecular flexibility index (Phi) is 6.18. The van der Waals surface area contributed by atoms with Crippen LogP contribution < -0.4 is 10.2 Å².